The Morgan fingerprint density at radius 3 is 2.50 bits per heavy atom. The van der Waals surface area contributed by atoms with Crippen LogP contribution in [0.1, 0.15) is 27.2 Å². The summed E-state index contributed by atoms with van der Waals surface area (Å²) in [7, 11) is 0. The third-order valence-electron chi connectivity index (χ3n) is 2.67. The summed E-state index contributed by atoms with van der Waals surface area (Å²) in [5.41, 5.74) is 0. The summed E-state index contributed by atoms with van der Waals surface area (Å²) >= 11 is 0. The molecule has 0 aliphatic heterocycles. The van der Waals surface area contributed by atoms with E-state index in [1.807, 2.05) is 0 Å². The molecule has 0 atom stereocenters. The summed E-state index contributed by atoms with van der Waals surface area (Å²) in [4.78, 5) is 13.3. The van der Waals surface area contributed by atoms with Crippen LogP contribution in [-0.2, 0) is 14.3 Å². The molecule has 0 amide bonds. The van der Waals surface area contributed by atoms with E-state index in [-0.39, 0.29) is 12.6 Å². The minimum Gasteiger partial charge on any atom is -0.464 e. The fourth-order valence-corrected chi connectivity index (χ4v) is 1.59. The molecule has 18 heavy (non-hydrogen) atoms. The molecule has 0 bridgehead atoms. The average molecular weight is 260 g/mol. The molecular weight excluding hydrogens is 232 g/mol. The molecule has 0 heterocycles. The third-order valence-corrected chi connectivity index (χ3v) is 2.67. The molecule has 1 N–H and O–H groups in total. The maximum absolute atomic E-state index is 10.9. The van der Waals surface area contributed by atoms with Crippen LogP contribution in [0.3, 0.4) is 0 Å². The molecule has 0 aliphatic rings. The molecule has 5 heteroatoms. The summed E-state index contributed by atoms with van der Waals surface area (Å²) in [5, 5.41) is 3.29. The van der Waals surface area contributed by atoms with Gasteiger partial charge in [0.05, 0.1) is 13.2 Å². The Hall–Kier alpha value is -0.650. The Bertz CT molecular complexity index is 197. The van der Waals surface area contributed by atoms with E-state index in [9.17, 15) is 4.79 Å². The molecule has 0 radical (unpaired) electrons. The van der Waals surface area contributed by atoms with Gasteiger partial charge in [-0.3, -0.25) is 0 Å². The van der Waals surface area contributed by atoms with Gasteiger partial charge in [-0.1, -0.05) is 13.8 Å². The number of hydrogen-bond donors (Lipinski definition) is 1. The van der Waals surface area contributed by atoms with E-state index in [0.717, 1.165) is 39.1 Å². The number of esters is 1. The maximum atomic E-state index is 10.9. The van der Waals surface area contributed by atoms with E-state index in [0.29, 0.717) is 13.2 Å². The monoisotopic (exact) mass is 260 g/mol. The van der Waals surface area contributed by atoms with Gasteiger partial charge < -0.3 is 19.7 Å². The van der Waals surface area contributed by atoms with Gasteiger partial charge >= 0.3 is 5.97 Å². The van der Waals surface area contributed by atoms with Crippen LogP contribution in [0.5, 0.6) is 0 Å². The predicted molar refractivity (Wildman–Crippen MR) is 72.7 cm³/mol. The van der Waals surface area contributed by atoms with Crippen molar-refractivity contribution >= 4 is 5.97 Å². The zero-order valence-electron chi connectivity index (χ0n) is 12.0. The lowest BCUT2D eigenvalue weighted by Crippen LogP contribution is -2.28. The Balaban J connectivity index is 3.18. The number of hydrogen-bond acceptors (Lipinski definition) is 5. The first-order chi connectivity index (χ1) is 8.74. The van der Waals surface area contributed by atoms with Crippen molar-refractivity contribution in [2.24, 2.45) is 0 Å². The van der Waals surface area contributed by atoms with Crippen molar-refractivity contribution in [3.05, 3.63) is 0 Å². The second-order valence-corrected chi connectivity index (χ2v) is 3.99. The number of nitrogens with one attached hydrogen (secondary N) is 1. The molecule has 5 nitrogen and oxygen atoms in total. The molecule has 0 aliphatic carbocycles. The van der Waals surface area contributed by atoms with Gasteiger partial charge in [0.2, 0.25) is 0 Å². The number of carbonyl (C=O) groups excluding carboxylic acids is 1. The first-order valence-electron chi connectivity index (χ1n) is 6.90. The zero-order valence-corrected chi connectivity index (χ0v) is 12.0. The normalized spacial score (nSPS) is 10.9. The van der Waals surface area contributed by atoms with E-state index in [1.165, 1.54) is 0 Å². The lowest BCUT2D eigenvalue weighted by atomic mass is 10.3. The summed E-state index contributed by atoms with van der Waals surface area (Å²) < 4.78 is 9.92. The average Bonchev–Trinajstić information content (AvgIpc) is 2.37. The largest absolute Gasteiger partial charge is 0.464 e. The lowest BCUT2D eigenvalue weighted by molar-refractivity contribution is -0.148. The van der Waals surface area contributed by atoms with E-state index >= 15 is 0 Å². The lowest BCUT2D eigenvalue weighted by Gasteiger charge is -2.17. The van der Waals surface area contributed by atoms with Crippen LogP contribution < -0.4 is 5.32 Å². The molecule has 108 valence electrons. The molecule has 0 saturated carbocycles. The van der Waals surface area contributed by atoms with E-state index in [4.69, 9.17) is 9.47 Å². The van der Waals surface area contributed by atoms with Crippen molar-refractivity contribution in [1.82, 2.24) is 10.2 Å². The van der Waals surface area contributed by atoms with Gasteiger partial charge in [0.25, 0.3) is 0 Å². The van der Waals surface area contributed by atoms with Gasteiger partial charge in [0.15, 0.2) is 0 Å². The van der Waals surface area contributed by atoms with Gasteiger partial charge in [-0.2, -0.15) is 0 Å². The Morgan fingerprint density at radius 1 is 1.17 bits per heavy atom. The SMILES string of the molecule is CCOC(=O)COCCNCCCN(CC)CC. The van der Waals surface area contributed by atoms with Crippen molar-refractivity contribution in [3.63, 3.8) is 0 Å². The number of nitrogens with zero attached hydrogens (tertiary/aromatic N) is 1. The van der Waals surface area contributed by atoms with Gasteiger partial charge in [-0.15, -0.1) is 0 Å². The highest BCUT2D eigenvalue weighted by Gasteiger charge is 2.00. The summed E-state index contributed by atoms with van der Waals surface area (Å²) in [6, 6.07) is 0. The zero-order chi connectivity index (χ0) is 13.6. The fourth-order valence-electron chi connectivity index (χ4n) is 1.59. The fraction of sp³-hybridized carbons (Fsp3) is 0.923. The van der Waals surface area contributed by atoms with Crippen LogP contribution in [0.25, 0.3) is 0 Å². The second-order valence-electron chi connectivity index (χ2n) is 3.99. The topological polar surface area (TPSA) is 50.8 Å². The molecule has 0 spiro atoms. The molecule has 0 aromatic rings. The molecule has 0 saturated heterocycles. The highest BCUT2D eigenvalue weighted by molar-refractivity contribution is 5.70. The van der Waals surface area contributed by atoms with Crippen molar-refractivity contribution in [1.29, 1.82) is 0 Å². The highest BCUT2D eigenvalue weighted by Crippen LogP contribution is 1.89. The second kappa shape index (κ2) is 12.8. The van der Waals surface area contributed by atoms with Crippen LogP contribution in [0.4, 0.5) is 0 Å². The number of rotatable bonds is 12. The maximum Gasteiger partial charge on any atom is 0.332 e. The Morgan fingerprint density at radius 2 is 1.89 bits per heavy atom. The Kier molecular flexibility index (Phi) is 12.3. The predicted octanol–water partition coefficient (Wildman–Crippen LogP) is 0.888. The standard InChI is InChI=1S/C13H28N2O3/c1-4-15(5-2)10-7-8-14-9-11-17-12-13(16)18-6-3/h14H,4-12H2,1-3H3. The minimum absolute atomic E-state index is 0.0506. The van der Waals surface area contributed by atoms with Gasteiger partial charge in [-0.05, 0) is 39.5 Å². The van der Waals surface area contributed by atoms with Crippen molar-refractivity contribution < 1.29 is 14.3 Å². The van der Waals surface area contributed by atoms with Crippen LogP contribution in [0.15, 0.2) is 0 Å². The number of carbonyl (C=O) groups is 1. The molecule has 0 unspecified atom stereocenters. The van der Waals surface area contributed by atoms with Crippen LogP contribution in [-0.4, -0.2) is 63.4 Å². The molecule has 0 fully saturated rings. The number of ether oxygens (including phenoxy) is 2. The summed E-state index contributed by atoms with van der Waals surface area (Å²) in [6.07, 6.45) is 1.14. The van der Waals surface area contributed by atoms with E-state index in [2.05, 4.69) is 24.1 Å². The quantitative estimate of drug-likeness (QED) is 0.417. The van der Waals surface area contributed by atoms with Crippen molar-refractivity contribution in [2.75, 3.05) is 52.5 Å². The molecule has 0 aromatic carbocycles. The van der Waals surface area contributed by atoms with Gasteiger partial charge in [-0.25, -0.2) is 4.79 Å². The smallest absolute Gasteiger partial charge is 0.332 e. The van der Waals surface area contributed by atoms with Gasteiger partial charge in [0, 0.05) is 6.54 Å². The molecule has 0 aromatic heterocycles. The van der Waals surface area contributed by atoms with Crippen molar-refractivity contribution in [3.8, 4) is 0 Å². The van der Waals surface area contributed by atoms with Crippen LogP contribution >= 0.6 is 0 Å². The molecular formula is C13H28N2O3. The van der Waals surface area contributed by atoms with Crippen molar-refractivity contribution in [2.45, 2.75) is 27.2 Å². The van der Waals surface area contributed by atoms with E-state index < -0.39 is 0 Å². The first kappa shape index (κ1) is 17.4. The molecule has 0 rings (SSSR count). The summed E-state index contributed by atoms with van der Waals surface area (Å²) in [5.74, 6) is -0.293. The minimum atomic E-state index is -0.293. The first-order valence-corrected chi connectivity index (χ1v) is 6.90. The third kappa shape index (κ3) is 10.5. The van der Waals surface area contributed by atoms with E-state index in [1.54, 1.807) is 6.92 Å². The van der Waals surface area contributed by atoms with Gasteiger partial charge in [0.1, 0.15) is 6.61 Å². The summed E-state index contributed by atoms with van der Waals surface area (Å²) in [6.45, 7) is 12.3. The highest BCUT2D eigenvalue weighted by atomic mass is 16.6. The van der Waals surface area contributed by atoms with Crippen LogP contribution in [0, 0.1) is 0 Å². The van der Waals surface area contributed by atoms with Crippen LogP contribution in [0.2, 0.25) is 0 Å². The Labute approximate surface area is 111 Å².